The second-order valence-electron chi connectivity index (χ2n) is 6.90. The maximum atomic E-state index is 2.54. The number of hydrogen-bond donors (Lipinski definition) is 0. The molecule has 0 aromatic carbocycles. The zero-order chi connectivity index (χ0) is 15.6. The molecule has 22 heavy (non-hydrogen) atoms. The summed E-state index contributed by atoms with van der Waals surface area (Å²) < 4.78 is 0. The summed E-state index contributed by atoms with van der Waals surface area (Å²) in [5, 5.41) is 0. The Morgan fingerprint density at radius 3 is 1.05 bits per heavy atom. The van der Waals surface area contributed by atoms with Crippen molar-refractivity contribution in [2.45, 2.75) is 110 Å². The summed E-state index contributed by atoms with van der Waals surface area (Å²) in [6, 6.07) is 0. The number of hydrogen-bond acceptors (Lipinski definition) is 1. The van der Waals surface area contributed by atoms with Crippen molar-refractivity contribution in [1.82, 2.24) is 4.90 Å². The van der Waals surface area contributed by atoms with E-state index in [2.05, 4.69) is 25.8 Å². The lowest BCUT2D eigenvalue weighted by Crippen LogP contribution is -2.20. The number of rotatable bonds is 17. The number of nitrogens with zero attached hydrogens (tertiary/aromatic N) is 1. The topological polar surface area (TPSA) is 3.24 Å². The Labute approximate surface area is 148 Å². The molecule has 0 aromatic heterocycles. The van der Waals surface area contributed by atoms with Crippen LogP contribution in [0.3, 0.4) is 0 Å². The first-order chi connectivity index (χ1) is 10.3. The summed E-state index contributed by atoms with van der Waals surface area (Å²) in [7, 11) is 2.30. The predicted molar refractivity (Wildman–Crippen MR) is 105 cm³/mol. The third-order valence-electron chi connectivity index (χ3n) is 4.54. The van der Waals surface area contributed by atoms with Crippen molar-refractivity contribution in [2.24, 2.45) is 0 Å². The third-order valence-corrected chi connectivity index (χ3v) is 4.54. The Hall–Kier alpha value is 0.250. The van der Waals surface area contributed by atoms with E-state index in [1.165, 1.54) is 109 Å². The molecule has 0 unspecified atom stereocenters. The molecule has 0 saturated carbocycles. The summed E-state index contributed by atoms with van der Waals surface area (Å²) in [6.07, 6.45) is 21.4. The van der Waals surface area contributed by atoms with E-state index in [1.54, 1.807) is 0 Å². The zero-order valence-corrected chi connectivity index (χ0v) is 16.7. The van der Waals surface area contributed by atoms with Gasteiger partial charge >= 0.3 is 0 Å². The van der Waals surface area contributed by atoms with Gasteiger partial charge in [0.05, 0.1) is 0 Å². The highest BCUT2D eigenvalue weighted by molar-refractivity contribution is 5.85. The Bertz CT molecular complexity index is 185. The van der Waals surface area contributed by atoms with Crippen LogP contribution in [0.15, 0.2) is 0 Å². The first-order valence-corrected chi connectivity index (χ1v) is 9.99. The molecule has 0 atom stereocenters. The molecule has 0 fully saturated rings. The molecule has 0 radical (unpaired) electrons. The minimum Gasteiger partial charge on any atom is -0.306 e. The fourth-order valence-electron chi connectivity index (χ4n) is 2.97. The van der Waals surface area contributed by atoms with Crippen molar-refractivity contribution in [2.75, 3.05) is 20.1 Å². The van der Waals surface area contributed by atoms with E-state index >= 15 is 0 Å². The van der Waals surface area contributed by atoms with Crippen LogP contribution in [0, 0.1) is 0 Å². The number of unbranched alkanes of at least 4 members (excludes halogenated alkanes) is 13. The smallest absolute Gasteiger partial charge is 0.00218 e. The predicted octanol–water partition coefficient (Wildman–Crippen LogP) is 7.23. The van der Waals surface area contributed by atoms with Gasteiger partial charge in [0.2, 0.25) is 0 Å². The molecular weight excluding hydrogens is 290 g/mol. The average Bonchev–Trinajstić information content (AvgIpc) is 2.49. The highest BCUT2D eigenvalue weighted by Crippen LogP contribution is 2.10. The van der Waals surface area contributed by atoms with Crippen molar-refractivity contribution in [3.63, 3.8) is 0 Å². The van der Waals surface area contributed by atoms with Gasteiger partial charge in [-0.2, -0.15) is 0 Å². The van der Waals surface area contributed by atoms with Crippen LogP contribution < -0.4 is 0 Å². The van der Waals surface area contributed by atoms with Crippen LogP contribution in [0.5, 0.6) is 0 Å². The molecule has 0 amide bonds. The maximum absolute atomic E-state index is 2.54. The summed E-state index contributed by atoms with van der Waals surface area (Å²) >= 11 is 0. The van der Waals surface area contributed by atoms with E-state index in [9.17, 15) is 0 Å². The lowest BCUT2D eigenvalue weighted by atomic mass is 10.1. The fraction of sp³-hybridized carbons (Fsp3) is 1.00. The molecule has 0 heterocycles. The molecule has 0 aliphatic carbocycles. The molecule has 0 saturated heterocycles. The van der Waals surface area contributed by atoms with Gasteiger partial charge in [0, 0.05) is 0 Å². The second-order valence-corrected chi connectivity index (χ2v) is 6.90. The summed E-state index contributed by atoms with van der Waals surface area (Å²) in [5.41, 5.74) is 0. The lowest BCUT2D eigenvalue weighted by molar-refractivity contribution is 0.314. The monoisotopic (exact) mass is 333 g/mol. The standard InChI is InChI=1S/C20H43N.ClH/c1-4-6-8-10-12-14-16-18-20-21(3)19-17-15-13-11-9-7-5-2;/h4-20H2,1-3H3;1H. The molecule has 0 bridgehead atoms. The Morgan fingerprint density at radius 1 is 0.455 bits per heavy atom. The summed E-state index contributed by atoms with van der Waals surface area (Å²) in [6.45, 7) is 7.20. The largest absolute Gasteiger partial charge is 0.306 e. The SMILES string of the molecule is CCCCCCCCCCN(C)CCCCCCCCC.Cl. The molecule has 0 spiro atoms. The van der Waals surface area contributed by atoms with Gasteiger partial charge in [-0.1, -0.05) is 97.3 Å². The zero-order valence-electron chi connectivity index (χ0n) is 15.9. The normalized spacial score (nSPS) is 10.9. The Balaban J connectivity index is 0. The third kappa shape index (κ3) is 20.2. The number of halogens is 1. The summed E-state index contributed by atoms with van der Waals surface area (Å²) in [5.74, 6) is 0. The first kappa shape index (κ1) is 24.5. The van der Waals surface area contributed by atoms with E-state index in [0.717, 1.165) is 0 Å². The molecule has 136 valence electrons. The van der Waals surface area contributed by atoms with Crippen molar-refractivity contribution >= 4 is 12.4 Å². The summed E-state index contributed by atoms with van der Waals surface area (Å²) in [4.78, 5) is 2.54. The van der Waals surface area contributed by atoms with Crippen LogP contribution in [0.1, 0.15) is 110 Å². The molecule has 1 nitrogen and oxygen atoms in total. The van der Waals surface area contributed by atoms with Crippen LogP contribution in [0.25, 0.3) is 0 Å². The maximum Gasteiger partial charge on any atom is -0.00218 e. The first-order valence-electron chi connectivity index (χ1n) is 9.99. The van der Waals surface area contributed by atoms with E-state index in [1.807, 2.05) is 0 Å². The molecule has 0 N–H and O–H groups in total. The molecule has 0 aliphatic heterocycles. The van der Waals surface area contributed by atoms with Crippen LogP contribution in [-0.2, 0) is 0 Å². The van der Waals surface area contributed by atoms with Gasteiger partial charge in [0.15, 0.2) is 0 Å². The minimum atomic E-state index is 0. The highest BCUT2D eigenvalue weighted by atomic mass is 35.5. The Morgan fingerprint density at radius 2 is 0.727 bits per heavy atom. The van der Waals surface area contributed by atoms with Crippen molar-refractivity contribution < 1.29 is 0 Å². The molecule has 0 aliphatic rings. The van der Waals surface area contributed by atoms with Crippen LogP contribution in [-0.4, -0.2) is 25.0 Å². The van der Waals surface area contributed by atoms with Gasteiger partial charge in [-0.25, -0.2) is 0 Å². The van der Waals surface area contributed by atoms with Crippen molar-refractivity contribution in [1.29, 1.82) is 0 Å². The molecule has 0 aromatic rings. The van der Waals surface area contributed by atoms with Crippen LogP contribution in [0.2, 0.25) is 0 Å². The van der Waals surface area contributed by atoms with E-state index in [-0.39, 0.29) is 12.4 Å². The molecular formula is C20H44ClN. The average molecular weight is 334 g/mol. The second kappa shape index (κ2) is 21.2. The van der Waals surface area contributed by atoms with Crippen LogP contribution in [0.4, 0.5) is 0 Å². The molecule has 2 heteroatoms. The van der Waals surface area contributed by atoms with Crippen LogP contribution >= 0.6 is 12.4 Å². The van der Waals surface area contributed by atoms with Crippen molar-refractivity contribution in [3.05, 3.63) is 0 Å². The Kier molecular flexibility index (Phi) is 23.7. The van der Waals surface area contributed by atoms with Gasteiger partial charge < -0.3 is 4.90 Å². The van der Waals surface area contributed by atoms with Gasteiger partial charge in [0.25, 0.3) is 0 Å². The van der Waals surface area contributed by atoms with E-state index < -0.39 is 0 Å². The van der Waals surface area contributed by atoms with Crippen molar-refractivity contribution in [3.8, 4) is 0 Å². The van der Waals surface area contributed by atoms with E-state index in [4.69, 9.17) is 0 Å². The van der Waals surface area contributed by atoms with Gasteiger partial charge in [-0.05, 0) is 33.0 Å². The van der Waals surface area contributed by atoms with Gasteiger partial charge in [-0.15, -0.1) is 12.4 Å². The fourth-order valence-corrected chi connectivity index (χ4v) is 2.97. The highest BCUT2D eigenvalue weighted by Gasteiger charge is 1.98. The lowest BCUT2D eigenvalue weighted by Gasteiger charge is -2.16. The van der Waals surface area contributed by atoms with Gasteiger partial charge in [0.1, 0.15) is 0 Å². The van der Waals surface area contributed by atoms with Gasteiger partial charge in [-0.3, -0.25) is 0 Å². The quantitative estimate of drug-likeness (QED) is 0.254. The van der Waals surface area contributed by atoms with E-state index in [0.29, 0.717) is 0 Å². The minimum absolute atomic E-state index is 0. The molecule has 0 rings (SSSR count).